The fourth-order valence-electron chi connectivity index (χ4n) is 2.32. The third-order valence-electron chi connectivity index (χ3n) is 3.46. The van der Waals surface area contributed by atoms with Crippen LogP contribution in [0.25, 0.3) is 0 Å². The number of amides is 1. The highest BCUT2D eigenvalue weighted by atomic mass is 16.3. The molecule has 1 fully saturated rings. The number of nitrogens with one attached hydrogen (secondary N) is 2. The van der Waals surface area contributed by atoms with E-state index in [-0.39, 0.29) is 17.9 Å². The van der Waals surface area contributed by atoms with Crippen LogP contribution in [0, 0.1) is 5.92 Å². The normalized spacial score (nSPS) is 21.5. The van der Waals surface area contributed by atoms with Crippen LogP contribution in [0.2, 0.25) is 0 Å². The maximum Gasteiger partial charge on any atom is 0.224 e. The molecule has 0 aromatic carbocycles. The van der Waals surface area contributed by atoms with E-state index in [1.165, 1.54) is 0 Å². The summed E-state index contributed by atoms with van der Waals surface area (Å²) < 4.78 is 5.28. The van der Waals surface area contributed by atoms with Crippen LogP contribution >= 0.6 is 0 Å². The largest absolute Gasteiger partial charge is 0.469 e. The second-order valence-electron chi connectivity index (χ2n) is 5.07. The Hall–Kier alpha value is -1.29. The summed E-state index contributed by atoms with van der Waals surface area (Å²) in [4.78, 5) is 12.0. The molecule has 4 heteroatoms. The number of piperidine rings is 1. The van der Waals surface area contributed by atoms with Crippen molar-refractivity contribution in [2.24, 2.45) is 5.92 Å². The van der Waals surface area contributed by atoms with Gasteiger partial charge in [-0.2, -0.15) is 0 Å². The van der Waals surface area contributed by atoms with Gasteiger partial charge in [0.1, 0.15) is 5.76 Å². The molecule has 2 rings (SSSR count). The van der Waals surface area contributed by atoms with Crippen molar-refractivity contribution < 1.29 is 9.21 Å². The summed E-state index contributed by atoms with van der Waals surface area (Å²) in [7, 11) is 0. The lowest BCUT2D eigenvalue weighted by Crippen LogP contribution is -2.43. The molecule has 1 amide bonds. The van der Waals surface area contributed by atoms with Gasteiger partial charge in [-0.1, -0.05) is 0 Å². The van der Waals surface area contributed by atoms with Gasteiger partial charge >= 0.3 is 0 Å². The summed E-state index contributed by atoms with van der Waals surface area (Å²) in [6, 6.07) is 4.07. The van der Waals surface area contributed by atoms with Crippen molar-refractivity contribution in [3.63, 3.8) is 0 Å². The van der Waals surface area contributed by atoms with Crippen molar-refractivity contribution in [3.05, 3.63) is 24.2 Å². The average molecular weight is 250 g/mol. The van der Waals surface area contributed by atoms with Crippen LogP contribution in [0.4, 0.5) is 0 Å². The van der Waals surface area contributed by atoms with E-state index in [9.17, 15) is 4.79 Å². The van der Waals surface area contributed by atoms with Gasteiger partial charge in [-0.3, -0.25) is 4.79 Å². The Labute approximate surface area is 108 Å². The summed E-state index contributed by atoms with van der Waals surface area (Å²) >= 11 is 0. The van der Waals surface area contributed by atoms with Crippen LogP contribution < -0.4 is 10.6 Å². The van der Waals surface area contributed by atoms with Gasteiger partial charge in [0.2, 0.25) is 5.91 Å². The van der Waals surface area contributed by atoms with Crippen molar-refractivity contribution in [2.75, 3.05) is 13.1 Å². The third kappa shape index (κ3) is 3.88. The van der Waals surface area contributed by atoms with Gasteiger partial charge in [0, 0.05) is 19.0 Å². The standard InChI is InChI=1S/C14H22N2O2/c1-11(6-7-13-5-3-9-18-13)16-14(17)12-4-2-8-15-10-12/h3,5,9,11-12,15H,2,4,6-8,10H2,1H3,(H,16,17)/t11?,12-/m0/s1. The van der Waals surface area contributed by atoms with Crippen molar-refractivity contribution in [3.8, 4) is 0 Å². The van der Waals surface area contributed by atoms with E-state index in [1.807, 2.05) is 12.1 Å². The van der Waals surface area contributed by atoms with Crippen LogP contribution in [-0.2, 0) is 11.2 Å². The topological polar surface area (TPSA) is 54.3 Å². The molecule has 0 saturated carbocycles. The van der Waals surface area contributed by atoms with Crippen LogP contribution in [0.1, 0.15) is 31.9 Å². The summed E-state index contributed by atoms with van der Waals surface area (Å²) in [5, 5.41) is 6.36. The van der Waals surface area contributed by atoms with Gasteiger partial charge in [0.15, 0.2) is 0 Å². The fraction of sp³-hybridized carbons (Fsp3) is 0.643. The lowest BCUT2D eigenvalue weighted by Gasteiger charge is -2.24. The summed E-state index contributed by atoms with van der Waals surface area (Å²) in [6.07, 6.45) is 5.58. The number of rotatable bonds is 5. The summed E-state index contributed by atoms with van der Waals surface area (Å²) in [5.41, 5.74) is 0. The highest BCUT2D eigenvalue weighted by Crippen LogP contribution is 2.11. The first-order valence-electron chi connectivity index (χ1n) is 6.79. The molecular weight excluding hydrogens is 228 g/mol. The molecule has 0 radical (unpaired) electrons. The van der Waals surface area contributed by atoms with E-state index in [0.29, 0.717) is 0 Å². The monoisotopic (exact) mass is 250 g/mol. The van der Waals surface area contributed by atoms with E-state index in [1.54, 1.807) is 6.26 Å². The lowest BCUT2D eigenvalue weighted by molar-refractivity contribution is -0.126. The first-order chi connectivity index (χ1) is 8.75. The molecule has 0 bridgehead atoms. The molecule has 1 saturated heterocycles. The molecule has 18 heavy (non-hydrogen) atoms. The molecule has 1 aliphatic rings. The van der Waals surface area contributed by atoms with Gasteiger partial charge in [0.25, 0.3) is 0 Å². The summed E-state index contributed by atoms with van der Waals surface area (Å²) in [5.74, 6) is 1.31. The zero-order chi connectivity index (χ0) is 12.8. The maximum absolute atomic E-state index is 12.0. The molecule has 100 valence electrons. The Balaban J connectivity index is 1.69. The third-order valence-corrected chi connectivity index (χ3v) is 3.46. The average Bonchev–Trinajstić information content (AvgIpc) is 2.90. The van der Waals surface area contributed by atoms with Crippen molar-refractivity contribution in [1.82, 2.24) is 10.6 Å². The Bertz CT molecular complexity index is 356. The molecule has 1 aromatic rings. The molecule has 2 heterocycles. The molecule has 1 aliphatic heterocycles. The number of hydrogen-bond acceptors (Lipinski definition) is 3. The smallest absolute Gasteiger partial charge is 0.224 e. The van der Waals surface area contributed by atoms with Gasteiger partial charge in [-0.05, 0) is 44.9 Å². The number of carbonyl (C=O) groups is 1. The van der Waals surface area contributed by atoms with Gasteiger partial charge in [0.05, 0.1) is 12.2 Å². The second-order valence-corrected chi connectivity index (χ2v) is 5.07. The zero-order valence-corrected chi connectivity index (χ0v) is 10.9. The van der Waals surface area contributed by atoms with Gasteiger partial charge in [-0.25, -0.2) is 0 Å². The number of furan rings is 1. The predicted octanol–water partition coefficient (Wildman–Crippen LogP) is 1.72. The SMILES string of the molecule is CC(CCc1ccco1)NC(=O)[C@H]1CCCNC1. The first kappa shape index (κ1) is 13.1. The predicted molar refractivity (Wildman–Crippen MR) is 70.2 cm³/mol. The number of aryl methyl sites for hydroxylation is 1. The molecule has 1 unspecified atom stereocenters. The molecule has 0 aliphatic carbocycles. The Morgan fingerprint density at radius 2 is 2.56 bits per heavy atom. The van der Waals surface area contributed by atoms with Crippen LogP contribution in [-0.4, -0.2) is 25.0 Å². The van der Waals surface area contributed by atoms with E-state index in [4.69, 9.17) is 4.42 Å². The lowest BCUT2D eigenvalue weighted by atomic mass is 9.98. The van der Waals surface area contributed by atoms with Crippen molar-refractivity contribution >= 4 is 5.91 Å². The molecule has 2 N–H and O–H groups in total. The van der Waals surface area contributed by atoms with Crippen LogP contribution in [0.15, 0.2) is 22.8 Å². The van der Waals surface area contributed by atoms with E-state index >= 15 is 0 Å². The second kappa shape index (κ2) is 6.59. The zero-order valence-electron chi connectivity index (χ0n) is 10.9. The quantitative estimate of drug-likeness (QED) is 0.836. The van der Waals surface area contributed by atoms with E-state index in [2.05, 4.69) is 17.6 Å². The highest BCUT2D eigenvalue weighted by Gasteiger charge is 2.21. The maximum atomic E-state index is 12.0. The van der Waals surface area contributed by atoms with E-state index < -0.39 is 0 Å². The summed E-state index contributed by atoms with van der Waals surface area (Å²) in [6.45, 7) is 3.91. The molecule has 4 nitrogen and oxygen atoms in total. The van der Waals surface area contributed by atoms with Gasteiger partial charge in [-0.15, -0.1) is 0 Å². The first-order valence-corrected chi connectivity index (χ1v) is 6.79. The Morgan fingerprint density at radius 1 is 1.67 bits per heavy atom. The van der Waals surface area contributed by atoms with Crippen LogP contribution in [0.5, 0.6) is 0 Å². The minimum absolute atomic E-state index is 0.143. The highest BCUT2D eigenvalue weighted by molar-refractivity contribution is 5.79. The number of hydrogen-bond donors (Lipinski definition) is 2. The van der Waals surface area contributed by atoms with Crippen molar-refractivity contribution in [2.45, 2.75) is 38.6 Å². The Morgan fingerprint density at radius 3 is 3.22 bits per heavy atom. The van der Waals surface area contributed by atoms with Gasteiger partial charge < -0.3 is 15.1 Å². The molecule has 2 atom stereocenters. The number of carbonyl (C=O) groups excluding carboxylic acids is 1. The molecule has 1 aromatic heterocycles. The fourth-order valence-corrected chi connectivity index (χ4v) is 2.32. The van der Waals surface area contributed by atoms with E-state index in [0.717, 1.165) is 44.5 Å². The molecule has 0 spiro atoms. The van der Waals surface area contributed by atoms with Crippen LogP contribution in [0.3, 0.4) is 0 Å². The minimum Gasteiger partial charge on any atom is -0.469 e. The Kier molecular flexibility index (Phi) is 4.81. The van der Waals surface area contributed by atoms with Crippen molar-refractivity contribution in [1.29, 1.82) is 0 Å². The molecular formula is C14H22N2O2. The minimum atomic E-state index is 0.143.